The van der Waals surface area contributed by atoms with Crippen LogP contribution in [0.2, 0.25) is 0 Å². The van der Waals surface area contributed by atoms with E-state index in [0.29, 0.717) is 17.0 Å². The number of anilines is 2. The fourth-order valence-electron chi connectivity index (χ4n) is 5.82. The monoisotopic (exact) mass is 518 g/mol. The number of nitrogens with zero attached hydrogens (tertiary/aromatic N) is 2. The first-order valence-electron chi connectivity index (χ1n) is 12.0. The summed E-state index contributed by atoms with van der Waals surface area (Å²) in [5.41, 5.74) is 0.761. The first-order chi connectivity index (χ1) is 18.2. The van der Waals surface area contributed by atoms with E-state index in [2.05, 4.69) is 0 Å². The number of fused-ring (bicyclic) bond motifs is 5. The lowest BCUT2D eigenvalue weighted by atomic mass is 9.86. The van der Waals surface area contributed by atoms with Gasteiger partial charge in [-0.3, -0.25) is 14.4 Å². The van der Waals surface area contributed by atoms with E-state index in [1.54, 1.807) is 30.3 Å². The lowest BCUT2D eigenvalue weighted by Crippen LogP contribution is -2.48. The van der Waals surface area contributed by atoms with Crippen LogP contribution in [-0.4, -0.2) is 36.8 Å². The molecule has 38 heavy (non-hydrogen) atoms. The number of carbonyl (C=O) groups excluding carboxylic acids is 3. The van der Waals surface area contributed by atoms with Crippen LogP contribution < -0.4 is 14.5 Å². The normalized spacial score (nSPS) is 23.8. The molecular formula is C29H21F3N2O4. The minimum atomic E-state index is -4.64. The molecule has 4 atom stereocenters. The Bertz CT molecular complexity index is 1500. The maximum absolute atomic E-state index is 14.0. The van der Waals surface area contributed by atoms with Gasteiger partial charge in [0.2, 0.25) is 11.8 Å². The van der Waals surface area contributed by atoms with Gasteiger partial charge in [-0.2, -0.15) is 13.2 Å². The van der Waals surface area contributed by atoms with Crippen molar-refractivity contribution < 1.29 is 32.3 Å². The van der Waals surface area contributed by atoms with E-state index in [-0.39, 0.29) is 11.5 Å². The van der Waals surface area contributed by atoms with Crippen molar-refractivity contribution in [3.8, 4) is 5.75 Å². The highest BCUT2D eigenvalue weighted by Crippen LogP contribution is 2.50. The van der Waals surface area contributed by atoms with Gasteiger partial charge in [0.05, 0.1) is 36.2 Å². The van der Waals surface area contributed by atoms with Crippen LogP contribution in [-0.2, 0) is 15.8 Å². The molecule has 0 aliphatic carbocycles. The van der Waals surface area contributed by atoms with Gasteiger partial charge in [-0.15, -0.1) is 0 Å². The Morgan fingerprint density at radius 2 is 1.61 bits per heavy atom. The highest BCUT2D eigenvalue weighted by Gasteiger charge is 2.64. The number of imide groups is 1. The van der Waals surface area contributed by atoms with E-state index in [4.69, 9.17) is 4.74 Å². The molecule has 6 rings (SSSR count). The second-order valence-electron chi connectivity index (χ2n) is 9.46. The fraction of sp³-hybridized carbons (Fsp3) is 0.207. The second kappa shape index (κ2) is 8.58. The number of methoxy groups -OCH3 is 1. The SMILES string of the molecule is COc1ccc(C(=O)[C@H]2[C@H]3C(=O)N(c4cccc(C(F)(F)F)c4)C(=O)[C@H]3[C@@H]3C=Cc4ccccc4N32)cc1. The predicted octanol–water partition coefficient (Wildman–Crippen LogP) is 4.99. The van der Waals surface area contributed by atoms with Crippen molar-refractivity contribution in [2.45, 2.75) is 18.3 Å². The Morgan fingerprint density at radius 1 is 0.895 bits per heavy atom. The third kappa shape index (κ3) is 3.53. The Morgan fingerprint density at radius 3 is 2.32 bits per heavy atom. The van der Waals surface area contributed by atoms with Gasteiger partial charge in [0.25, 0.3) is 0 Å². The summed E-state index contributed by atoms with van der Waals surface area (Å²) in [6.07, 6.45) is -1.00. The van der Waals surface area contributed by atoms with E-state index < -0.39 is 47.5 Å². The summed E-state index contributed by atoms with van der Waals surface area (Å²) >= 11 is 0. The van der Waals surface area contributed by atoms with Crippen molar-refractivity contribution in [3.63, 3.8) is 0 Å². The average Bonchev–Trinajstić information content (AvgIpc) is 3.40. The summed E-state index contributed by atoms with van der Waals surface area (Å²) in [7, 11) is 1.51. The van der Waals surface area contributed by atoms with Gasteiger partial charge in [0.15, 0.2) is 5.78 Å². The number of halogens is 3. The molecule has 3 aliphatic rings. The zero-order chi connectivity index (χ0) is 26.8. The summed E-state index contributed by atoms with van der Waals surface area (Å²) in [4.78, 5) is 44.2. The average molecular weight is 518 g/mol. The van der Waals surface area contributed by atoms with Gasteiger partial charge in [0, 0.05) is 11.3 Å². The van der Waals surface area contributed by atoms with E-state index in [9.17, 15) is 27.6 Å². The molecular weight excluding hydrogens is 497 g/mol. The number of hydrogen-bond donors (Lipinski definition) is 0. The van der Waals surface area contributed by atoms with Crippen LogP contribution in [0.3, 0.4) is 0 Å². The Hall–Kier alpha value is -4.40. The van der Waals surface area contributed by atoms with Crippen molar-refractivity contribution in [2.24, 2.45) is 11.8 Å². The molecule has 0 N–H and O–H groups in total. The third-order valence-electron chi connectivity index (χ3n) is 7.49. The molecule has 2 saturated heterocycles. The topological polar surface area (TPSA) is 66.9 Å². The molecule has 2 amide bonds. The van der Waals surface area contributed by atoms with Crippen LogP contribution in [0.25, 0.3) is 6.08 Å². The number of para-hydroxylation sites is 1. The second-order valence-corrected chi connectivity index (χ2v) is 9.46. The Balaban J connectivity index is 1.46. The fourth-order valence-corrected chi connectivity index (χ4v) is 5.82. The summed E-state index contributed by atoms with van der Waals surface area (Å²) in [5, 5.41) is 0. The van der Waals surface area contributed by atoms with Gasteiger partial charge < -0.3 is 9.64 Å². The number of ether oxygens (including phenoxy) is 1. The molecule has 0 saturated carbocycles. The summed E-state index contributed by atoms with van der Waals surface area (Å²) in [6.45, 7) is 0. The van der Waals surface area contributed by atoms with Crippen molar-refractivity contribution in [1.82, 2.24) is 0 Å². The molecule has 0 spiro atoms. The standard InChI is InChI=1S/C29H21F3N2O4/c1-38-20-12-9-17(10-13-20)26(35)25-24-23(22-14-11-16-5-2-3-8-21(16)34(22)25)27(36)33(28(24)37)19-7-4-6-18(15-19)29(30,31)32/h2-15,22-25H,1H3/t22-,23-,24-,25+/m0/s1. The van der Waals surface area contributed by atoms with Crippen LogP contribution in [0.4, 0.5) is 24.5 Å². The van der Waals surface area contributed by atoms with Crippen LogP contribution in [0.1, 0.15) is 21.5 Å². The molecule has 0 radical (unpaired) electrons. The lowest BCUT2D eigenvalue weighted by molar-refractivity contribution is -0.137. The van der Waals surface area contributed by atoms with Gasteiger partial charge in [-0.05, 0) is 54.1 Å². The molecule has 3 heterocycles. The molecule has 3 aromatic rings. The zero-order valence-electron chi connectivity index (χ0n) is 20.1. The van der Waals surface area contributed by atoms with Gasteiger partial charge in [-0.25, -0.2) is 4.90 Å². The smallest absolute Gasteiger partial charge is 0.416 e. The maximum Gasteiger partial charge on any atom is 0.416 e. The molecule has 2 fully saturated rings. The van der Waals surface area contributed by atoms with E-state index >= 15 is 0 Å². The summed E-state index contributed by atoms with van der Waals surface area (Å²) in [5.74, 6) is -3.13. The van der Waals surface area contributed by atoms with Crippen molar-refractivity contribution in [2.75, 3.05) is 16.9 Å². The van der Waals surface area contributed by atoms with Crippen molar-refractivity contribution in [3.05, 3.63) is 95.6 Å². The quantitative estimate of drug-likeness (QED) is 0.360. The van der Waals surface area contributed by atoms with Crippen LogP contribution >= 0.6 is 0 Å². The molecule has 3 aliphatic heterocycles. The minimum absolute atomic E-state index is 0.161. The predicted molar refractivity (Wildman–Crippen MR) is 134 cm³/mol. The number of alkyl halides is 3. The number of carbonyl (C=O) groups is 3. The minimum Gasteiger partial charge on any atom is -0.497 e. The Kier molecular flexibility index (Phi) is 5.41. The number of rotatable bonds is 4. The molecule has 3 aromatic carbocycles. The lowest BCUT2D eigenvalue weighted by Gasteiger charge is -2.36. The maximum atomic E-state index is 14.0. The van der Waals surface area contributed by atoms with Crippen LogP contribution in [0.5, 0.6) is 5.75 Å². The number of hydrogen-bond acceptors (Lipinski definition) is 5. The highest BCUT2D eigenvalue weighted by atomic mass is 19.4. The molecule has 0 aromatic heterocycles. The molecule has 9 heteroatoms. The highest BCUT2D eigenvalue weighted by molar-refractivity contribution is 6.25. The van der Waals surface area contributed by atoms with Gasteiger partial charge in [-0.1, -0.05) is 36.4 Å². The molecule has 6 nitrogen and oxygen atoms in total. The molecule has 0 bridgehead atoms. The Labute approximate surface area is 215 Å². The number of amides is 2. The van der Waals surface area contributed by atoms with E-state index in [1.807, 2.05) is 35.2 Å². The first kappa shape index (κ1) is 24.0. The van der Waals surface area contributed by atoms with Crippen LogP contribution in [0, 0.1) is 11.8 Å². The van der Waals surface area contributed by atoms with E-state index in [1.165, 1.54) is 13.2 Å². The zero-order valence-corrected chi connectivity index (χ0v) is 20.1. The number of benzene rings is 3. The van der Waals surface area contributed by atoms with Crippen molar-refractivity contribution >= 4 is 35.0 Å². The third-order valence-corrected chi connectivity index (χ3v) is 7.49. The first-order valence-corrected chi connectivity index (χ1v) is 12.0. The number of Topliss-reactive ketones (excluding diaryl/α,β-unsaturated/α-hetero) is 1. The largest absolute Gasteiger partial charge is 0.497 e. The van der Waals surface area contributed by atoms with Gasteiger partial charge in [0.1, 0.15) is 11.8 Å². The summed E-state index contributed by atoms with van der Waals surface area (Å²) in [6, 6.07) is 16.3. The number of ketones is 1. The van der Waals surface area contributed by atoms with Gasteiger partial charge >= 0.3 is 6.18 Å². The summed E-state index contributed by atoms with van der Waals surface area (Å²) < 4.78 is 45.4. The van der Waals surface area contributed by atoms with Crippen molar-refractivity contribution in [1.29, 1.82) is 0 Å². The van der Waals surface area contributed by atoms with E-state index in [0.717, 1.165) is 28.7 Å². The molecule has 192 valence electrons. The molecule has 0 unspecified atom stereocenters. The van der Waals surface area contributed by atoms with Crippen LogP contribution in [0.15, 0.2) is 78.9 Å².